The number of para-hydroxylation sites is 1. The number of aromatic nitrogens is 1. The summed E-state index contributed by atoms with van der Waals surface area (Å²) in [5.74, 6) is 1.49. The fraction of sp³-hybridized carbons (Fsp3) is 0.208. The average molecular weight is 355 g/mol. The number of hydrogen-bond acceptors (Lipinski definition) is 3. The van der Waals surface area contributed by atoms with E-state index in [-0.39, 0.29) is 0 Å². The van der Waals surface area contributed by atoms with Gasteiger partial charge in [0.25, 0.3) is 0 Å². The number of aryl methyl sites for hydroxylation is 1. The van der Waals surface area contributed by atoms with E-state index >= 15 is 0 Å². The Labute approximate surface area is 158 Å². The second-order valence-electron chi connectivity index (χ2n) is 6.99. The highest BCUT2D eigenvalue weighted by Gasteiger charge is 2.24. The molecule has 3 heteroatoms. The number of hydrogen-bond donors (Lipinski definition) is 0. The molecule has 0 unspecified atom stereocenters. The van der Waals surface area contributed by atoms with Crippen molar-refractivity contribution in [3.05, 3.63) is 65.7 Å². The van der Waals surface area contributed by atoms with Gasteiger partial charge in [0, 0.05) is 10.9 Å². The highest BCUT2D eigenvalue weighted by atomic mass is 16.5. The molecule has 5 rings (SSSR count). The van der Waals surface area contributed by atoms with E-state index in [1.165, 1.54) is 33.7 Å². The van der Waals surface area contributed by atoms with Gasteiger partial charge in [-0.25, -0.2) is 4.98 Å². The summed E-state index contributed by atoms with van der Waals surface area (Å²) in [7, 11) is 3.36. The monoisotopic (exact) mass is 355 g/mol. The van der Waals surface area contributed by atoms with Crippen molar-refractivity contribution < 1.29 is 9.47 Å². The van der Waals surface area contributed by atoms with Crippen molar-refractivity contribution in [1.29, 1.82) is 0 Å². The SMILES string of the molecule is COc1cccc(-c2nc3ccc4ccccc4c3c3c2CCC3)c1OC. The van der Waals surface area contributed by atoms with Gasteiger partial charge in [-0.3, -0.25) is 0 Å². The van der Waals surface area contributed by atoms with Crippen LogP contribution in [0.15, 0.2) is 54.6 Å². The molecular formula is C24H21NO2. The summed E-state index contributed by atoms with van der Waals surface area (Å²) in [6.07, 6.45) is 3.32. The van der Waals surface area contributed by atoms with Gasteiger partial charge in [0.05, 0.1) is 25.4 Å². The van der Waals surface area contributed by atoms with Crippen LogP contribution in [-0.2, 0) is 12.8 Å². The molecule has 0 radical (unpaired) electrons. The third-order valence-electron chi connectivity index (χ3n) is 5.60. The van der Waals surface area contributed by atoms with Gasteiger partial charge < -0.3 is 9.47 Å². The van der Waals surface area contributed by atoms with E-state index in [0.29, 0.717) is 0 Å². The molecule has 0 bridgehead atoms. The Bertz CT molecular complexity index is 1180. The van der Waals surface area contributed by atoms with E-state index < -0.39 is 0 Å². The molecule has 0 N–H and O–H groups in total. The third-order valence-corrected chi connectivity index (χ3v) is 5.60. The highest BCUT2D eigenvalue weighted by molar-refractivity contribution is 6.09. The number of nitrogens with zero attached hydrogens (tertiary/aromatic N) is 1. The van der Waals surface area contributed by atoms with Crippen molar-refractivity contribution >= 4 is 21.7 Å². The Morgan fingerprint density at radius 3 is 2.52 bits per heavy atom. The first-order valence-electron chi connectivity index (χ1n) is 9.36. The molecule has 0 atom stereocenters. The van der Waals surface area contributed by atoms with Gasteiger partial charge in [-0.05, 0) is 59.4 Å². The Kier molecular flexibility index (Phi) is 3.75. The largest absolute Gasteiger partial charge is 0.493 e. The lowest BCUT2D eigenvalue weighted by Gasteiger charge is -2.17. The molecular weight excluding hydrogens is 334 g/mol. The predicted octanol–water partition coefficient (Wildman–Crippen LogP) is 5.56. The van der Waals surface area contributed by atoms with E-state index in [4.69, 9.17) is 14.5 Å². The van der Waals surface area contributed by atoms with E-state index in [1.807, 2.05) is 12.1 Å². The van der Waals surface area contributed by atoms with Crippen LogP contribution < -0.4 is 9.47 Å². The average Bonchev–Trinajstić information content (AvgIpc) is 3.22. The van der Waals surface area contributed by atoms with Crippen molar-refractivity contribution in [3.8, 4) is 22.8 Å². The number of rotatable bonds is 3. The number of pyridine rings is 1. The molecule has 3 aromatic carbocycles. The maximum atomic E-state index is 5.70. The Balaban J connectivity index is 1.87. The van der Waals surface area contributed by atoms with Crippen molar-refractivity contribution in [2.75, 3.05) is 14.2 Å². The summed E-state index contributed by atoms with van der Waals surface area (Å²) in [5, 5.41) is 3.88. The predicted molar refractivity (Wildman–Crippen MR) is 110 cm³/mol. The highest BCUT2D eigenvalue weighted by Crippen LogP contribution is 2.43. The molecule has 0 saturated heterocycles. The van der Waals surface area contributed by atoms with Crippen molar-refractivity contribution in [2.24, 2.45) is 0 Å². The van der Waals surface area contributed by atoms with Crippen LogP contribution in [0, 0.1) is 0 Å². The zero-order valence-electron chi connectivity index (χ0n) is 15.6. The van der Waals surface area contributed by atoms with Crippen molar-refractivity contribution in [1.82, 2.24) is 4.98 Å². The standard InChI is InChI=1S/C24H21NO2/c1-26-21-12-6-11-19(24(21)27-2)23-18-10-5-9-17(18)22-16-8-4-3-7-15(16)13-14-20(22)25-23/h3-4,6-8,11-14H,5,9-10H2,1-2H3. The molecule has 0 saturated carbocycles. The Hall–Kier alpha value is -3.07. The zero-order valence-corrected chi connectivity index (χ0v) is 15.6. The van der Waals surface area contributed by atoms with Gasteiger partial charge in [0.15, 0.2) is 11.5 Å². The second kappa shape index (κ2) is 6.27. The van der Waals surface area contributed by atoms with E-state index in [2.05, 4.69) is 42.5 Å². The lowest BCUT2D eigenvalue weighted by Crippen LogP contribution is -1.99. The van der Waals surface area contributed by atoms with Crippen LogP contribution in [-0.4, -0.2) is 19.2 Å². The number of benzene rings is 3. The molecule has 0 fully saturated rings. The van der Waals surface area contributed by atoms with Crippen LogP contribution >= 0.6 is 0 Å². The molecule has 0 amide bonds. The third kappa shape index (κ3) is 2.38. The van der Waals surface area contributed by atoms with Crippen LogP contribution in [0.5, 0.6) is 11.5 Å². The fourth-order valence-electron chi connectivity index (χ4n) is 4.44. The van der Waals surface area contributed by atoms with Crippen LogP contribution in [0.2, 0.25) is 0 Å². The minimum atomic E-state index is 0.738. The molecule has 0 aliphatic heterocycles. The summed E-state index contributed by atoms with van der Waals surface area (Å²) in [5.41, 5.74) is 5.88. The number of methoxy groups -OCH3 is 2. The fourth-order valence-corrected chi connectivity index (χ4v) is 4.44. The van der Waals surface area contributed by atoms with Gasteiger partial charge in [-0.15, -0.1) is 0 Å². The lowest BCUT2D eigenvalue weighted by molar-refractivity contribution is 0.356. The smallest absolute Gasteiger partial charge is 0.170 e. The molecule has 4 aromatic rings. The first-order valence-corrected chi connectivity index (χ1v) is 9.36. The minimum absolute atomic E-state index is 0.738. The van der Waals surface area contributed by atoms with Gasteiger partial charge in [0.2, 0.25) is 0 Å². The summed E-state index contributed by atoms with van der Waals surface area (Å²) >= 11 is 0. The van der Waals surface area contributed by atoms with Crippen molar-refractivity contribution in [3.63, 3.8) is 0 Å². The quantitative estimate of drug-likeness (QED) is 0.451. The summed E-state index contributed by atoms with van der Waals surface area (Å²) in [6, 6.07) is 18.9. The molecule has 1 aliphatic carbocycles. The van der Waals surface area contributed by atoms with Gasteiger partial charge in [-0.2, -0.15) is 0 Å². The normalized spacial score (nSPS) is 13.1. The molecule has 1 heterocycles. The van der Waals surface area contributed by atoms with Gasteiger partial charge in [0.1, 0.15) is 0 Å². The van der Waals surface area contributed by atoms with E-state index in [1.54, 1.807) is 14.2 Å². The van der Waals surface area contributed by atoms with Crippen molar-refractivity contribution in [2.45, 2.75) is 19.3 Å². The minimum Gasteiger partial charge on any atom is -0.493 e. The van der Waals surface area contributed by atoms with E-state index in [0.717, 1.165) is 41.1 Å². The molecule has 0 spiro atoms. The Morgan fingerprint density at radius 2 is 1.67 bits per heavy atom. The maximum absolute atomic E-state index is 5.70. The molecule has 3 nitrogen and oxygen atoms in total. The summed E-state index contributed by atoms with van der Waals surface area (Å²) in [4.78, 5) is 5.12. The number of ether oxygens (including phenoxy) is 2. The molecule has 1 aliphatic rings. The Morgan fingerprint density at radius 1 is 0.815 bits per heavy atom. The first-order chi connectivity index (χ1) is 13.3. The van der Waals surface area contributed by atoms with Crippen LogP contribution in [0.1, 0.15) is 17.5 Å². The first kappa shape index (κ1) is 16.1. The second-order valence-corrected chi connectivity index (χ2v) is 6.99. The van der Waals surface area contributed by atoms with Gasteiger partial charge in [-0.1, -0.05) is 36.4 Å². The zero-order chi connectivity index (χ0) is 18.4. The topological polar surface area (TPSA) is 31.4 Å². The molecule has 27 heavy (non-hydrogen) atoms. The van der Waals surface area contributed by atoms with Crippen LogP contribution in [0.4, 0.5) is 0 Å². The lowest BCUT2D eigenvalue weighted by atomic mass is 9.95. The maximum Gasteiger partial charge on any atom is 0.170 e. The molecule has 134 valence electrons. The van der Waals surface area contributed by atoms with Crippen LogP contribution in [0.3, 0.4) is 0 Å². The molecule has 1 aromatic heterocycles. The number of fused-ring (bicyclic) bond motifs is 5. The van der Waals surface area contributed by atoms with Gasteiger partial charge >= 0.3 is 0 Å². The summed E-state index contributed by atoms with van der Waals surface area (Å²) in [6.45, 7) is 0. The van der Waals surface area contributed by atoms with Crippen LogP contribution in [0.25, 0.3) is 32.9 Å². The van der Waals surface area contributed by atoms with E-state index in [9.17, 15) is 0 Å². The summed E-state index contributed by atoms with van der Waals surface area (Å²) < 4.78 is 11.2.